The molecule has 0 fully saturated rings. The molecular formula is C19H17ClN4O4S. The number of ether oxygens (including phenoxy) is 1. The third-order valence-corrected chi connectivity index (χ3v) is 4.91. The van der Waals surface area contributed by atoms with Crippen molar-refractivity contribution in [2.24, 2.45) is 0 Å². The van der Waals surface area contributed by atoms with Crippen LogP contribution < -0.4 is 20.7 Å². The number of para-hydroxylation sites is 2. The van der Waals surface area contributed by atoms with Crippen molar-refractivity contribution in [2.45, 2.75) is 13.0 Å². The van der Waals surface area contributed by atoms with E-state index >= 15 is 0 Å². The predicted octanol–water partition coefficient (Wildman–Crippen LogP) is 3.69. The van der Waals surface area contributed by atoms with Crippen molar-refractivity contribution in [3.63, 3.8) is 0 Å². The minimum atomic E-state index is -0.700. The maximum absolute atomic E-state index is 13.1. The highest BCUT2D eigenvalue weighted by Crippen LogP contribution is 2.33. The van der Waals surface area contributed by atoms with E-state index in [4.69, 9.17) is 28.6 Å². The fraction of sp³-hybridized carbons (Fsp3) is 0.158. The van der Waals surface area contributed by atoms with Crippen LogP contribution in [-0.4, -0.2) is 23.1 Å². The SMILES string of the molecule is COc1ccccc1NC(=O)C1=C(C)NC(=S)NC1c1ccc(Cl)c([N+](=O)[O-])c1. The molecular weight excluding hydrogens is 416 g/mol. The third kappa shape index (κ3) is 4.30. The minimum absolute atomic E-state index is 0.0102. The number of allylic oxidation sites excluding steroid dienone is 1. The molecule has 1 aliphatic heterocycles. The molecule has 10 heteroatoms. The van der Waals surface area contributed by atoms with E-state index in [0.29, 0.717) is 33.4 Å². The van der Waals surface area contributed by atoms with E-state index in [2.05, 4.69) is 16.0 Å². The standard InChI is InChI=1S/C19H17ClN4O4S/c1-10-16(18(25)22-13-5-3-4-6-15(13)28-2)17(23-19(29)21-10)11-7-8-12(20)14(9-11)24(26)27/h3-9,17H,1-2H3,(H,22,25)(H2,21,23,29). The number of nitrogens with one attached hydrogen (secondary N) is 3. The Morgan fingerprint density at radius 1 is 1.31 bits per heavy atom. The smallest absolute Gasteiger partial charge is 0.288 e. The largest absolute Gasteiger partial charge is 0.495 e. The first-order chi connectivity index (χ1) is 13.8. The Labute approximate surface area is 177 Å². The topological polar surface area (TPSA) is 106 Å². The normalized spacial score (nSPS) is 16.0. The van der Waals surface area contributed by atoms with Crippen LogP contribution in [0.25, 0.3) is 0 Å². The van der Waals surface area contributed by atoms with Crippen LogP contribution >= 0.6 is 23.8 Å². The van der Waals surface area contributed by atoms with Gasteiger partial charge in [0.2, 0.25) is 0 Å². The number of nitro benzene ring substituents is 1. The average molecular weight is 433 g/mol. The highest BCUT2D eigenvalue weighted by Gasteiger charge is 2.31. The molecule has 0 aliphatic carbocycles. The third-order valence-electron chi connectivity index (χ3n) is 4.37. The summed E-state index contributed by atoms with van der Waals surface area (Å²) in [6.07, 6.45) is 0. The quantitative estimate of drug-likeness (QED) is 0.376. The van der Waals surface area contributed by atoms with Gasteiger partial charge in [0.1, 0.15) is 10.8 Å². The Bertz CT molecular complexity index is 1040. The summed E-state index contributed by atoms with van der Waals surface area (Å²) in [5.74, 6) is 0.0992. The van der Waals surface area contributed by atoms with E-state index < -0.39 is 16.9 Å². The Morgan fingerprint density at radius 3 is 2.72 bits per heavy atom. The summed E-state index contributed by atoms with van der Waals surface area (Å²) < 4.78 is 5.27. The second-order valence-electron chi connectivity index (χ2n) is 6.19. The molecule has 1 heterocycles. The van der Waals surface area contributed by atoms with E-state index in [1.807, 2.05) is 0 Å². The fourth-order valence-corrected chi connectivity index (χ4v) is 3.49. The van der Waals surface area contributed by atoms with Crippen LogP contribution in [0.2, 0.25) is 5.02 Å². The number of amides is 1. The summed E-state index contributed by atoms with van der Waals surface area (Å²) in [4.78, 5) is 23.8. The average Bonchev–Trinajstić information content (AvgIpc) is 2.67. The van der Waals surface area contributed by atoms with E-state index in [0.717, 1.165) is 0 Å². The Kier molecular flexibility index (Phi) is 6.00. The van der Waals surface area contributed by atoms with Crippen molar-refractivity contribution >= 4 is 46.2 Å². The van der Waals surface area contributed by atoms with Crippen LogP contribution in [-0.2, 0) is 4.79 Å². The monoisotopic (exact) mass is 432 g/mol. The summed E-state index contributed by atoms with van der Waals surface area (Å²) in [7, 11) is 1.51. The van der Waals surface area contributed by atoms with E-state index in [-0.39, 0.29) is 10.7 Å². The van der Waals surface area contributed by atoms with Crippen molar-refractivity contribution in [3.8, 4) is 5.75 Å². The number of hydrogen-bond acceptors (Lipinski definition) is 5. The highest BCUT2D eigenvalue weighted by atomic mass is 35.5. The van der Waals surface area contributed by atoms with E-state index in [1.165, 1.54) is 19.2 Å². The molecule has 0 saturated carbocycles. The van der Waals surface area contributed by atoms with Crippen molar-refractivity contribution in [3.05, 3.63) is 74.4 Å². The first-order valence-electron chi connectivity index (χ1n) is 8.48. The molecule has 29 heavy (non-hydrogen) atoms. The predicted molar refractivity (Wildman–Crippen MR) is 114 cm³/mol. The van der Waals surface area contributed by atoms with Crippen LogP contribution in [0.4, 0.5) is 11.4 Å². The number of methoxy groups -OCH3 is 1. The number of rotatable bonds is 5. The molecule has 0 radical (unpaired) electrons. The van der Waals surface area contributed by atoms with Crippen molar-refractivity contribution < 1.29 is 14.5 Å². The van der Waals surface area contributed by atoms with Gasteiger partial charge in [-0.2, -0.15) is 0 Å². The number of benzene rings is 2. The van der Waals surface area contributed by atoms with Gasteiger partial charge in [-0.3, -0.25) is 14.9 Å². The Balaban J connectivity index is 2.01. The molecule has 2 aromatic carbocycles. The highest BCUT2D eigenvalue weighted by molar-refractivity contribution is 7.80. The summed E-state index contributed by atoms with van der Waals surface area (Å²) >= 11 is 11.1. The van der Waals surface area contributed by atoms with Gasteiger partial charge >= 0.3 is 0 Å². The summed E-state index contributed by atoms with van der Waals surface area (Å²) in [5, 5.41) is 20.3. The lowest BCUT2D eigenvalue weighted by molar-refractivity contribution is -0.384. The number of carbonyl (C=O) groups excluding carboxylic acids is 1. The van der Waals surface area contributed by atoms with E-state index in [1.54, 1.807) is 37.3 Å². The van der Waals surface area contributed by atoms with Crippen LogP contribution in [0.3, 0.4) is 0 Å². The fourth-order valence-electron chi connectivity index (χ4n) is 3.03. The summed E-state index contributed by atoms with van der Waals surface area (Å²) in [6, 6.07) is 10.7. The number of nitrogens with zero attached hydrogens (tertiary/aromatic N) is 1. The van der Waals surface area contributed by atoms with Gasteiger partial charge in [-0.05, 0) is 42.9 Å². The molecule has 3 N–H and O–H groups in total. The molecule has 2 aromatic rings. The molecule has 8 nitrogen and oxygen atoms in total. The summed E-state index contributed by atoms with van der Waals surface area (Å²) in [6.45, 7) is 1.71. The second kappa shape index (κ2) is 8.46. The van der Waals surface area contributed by atoms with Crippen LogP contribution in [0.1, 0.15) is 18.5 Å². The zero-order valence-electron chi connectivity index (χ0n) is 15.5. The van der Waals surface area contributed by atoms with Crippen molar-refractivity contribution in [2.75, 3.05) is 12.4 Å². The van der Waals surface area contributed by atoms with Gasteiger partial charge < -0.3 is 20.7 Å². The maximum Gasteiger partial charge on any atom is 0.288 e. The zero-order chi connectivity index (χ0) is 21.1. The van der Waals surface area contributed by atoms with Gasteiger partial charge in [0.05, 0.1) is 29.3 Å². The van der Waals surface area contributed by atoms with Crippen LogP contribution in [0.15, 0.2) is 53.7 Å². The molecule has 0 aromatic heterocycles. The van der Waals surface area contributed by atoms with Gasteiger partial charge in [0, 0.05) is 11.8 Å². The number of nitro groups is 1. The lowest BCUT2D eigenvalue weighted by Gasteiger charge is -2.30. The number of carbonyl (C=O) groups is 1. The molecule has 0 spiro atoms. The minimum Gasteiger partial charge on any atom is -0.495 e. The number of hydrogen-bond donors (Lipinski definition) is 3. The van der Waals surface area contributed by atoms with Crippen molar-refractivity contribution in [1.82, 2.24) is 10.6 Å². The zero-order valence-corrected chi connectivity index (χ0v) is 17.1. The van der Waals surface area contributed by atoms with Gasteiger partial charge in [0.25, 0.3) is 11.6 Å². The molecule has 150 valence electrons. The molecule has 1 unspecified atom stereocenters. The molecule has 1 aliphatic rings. The Hall–Kier alpha value is -3.17. The second-order valence-corrected chi connectivity index (χ2v) is 7.01. The van der Waals surface area contributed by atoms with Crippen LogP contribution in [0.5, 0.6) is 5.75 Å². The molecule has 1 atom stereocenters. The van der Waals surface area contributed by atoms with Gasteiger partial charge in [-0.15, -0.1) is 0 Å². The number of halogens is 1. The molecule has 1 amide bonds. The molecule has 0 bridgehead atoms. The number of thiocarbonyl (C=S) groups is 1. The van der Waals surface area contributed by atoms with E-state index in [9.17, 15) is 14.9 Å². The number of anilines is 1. The molecule has 3 rings (SSSR count). The Morgan fingerprint density at radius 2 is 2.03 bits per heavy atom. The molecule has 0 saturated heterocycles. The lowest BCUT2D eigenvalue weighted by atomic mass is 9.94. The van der Waals surface area contributed by atoms with Gasteiger partial charge in [0.15, 0.2) is 5.11 Å². The maximum atomic E-state index is 13.1. The summed E-state index contributed by atoms with van der Waals surface area (Å²) in [5.41, 5.74) is 1.59. The lowest BCUT2D eigenvalue weighted by Crippen LogP contribution is -2.45. The van der Waals surface area contributed by atoms with Crippen LogP contribution in [0, 0.1) is 10.1 Å². The first kappa shape index (κ1) is 20.6. The van der Waals surface area contributed by atoms with Gasteiger partial charge in [-0.25, -0.2) is 0 Å². The first-order valence-corrected chi connectivity index (χ1v) is 9.27. The van der Waals surface area contributed by atoms with Gasteiger partial charge in [-0.1, -0.05) is 29.8 Å². The van der Waals surface area contributed by atoms with Crippen molar-refractivity contribution in [1.29, 1.82) is 0 Å².